The summed E-state index contributed by atoms with van der Waals surface area (Å²) in [6.45, 7) is 0. The van der Waals surface area contributed by atoms with E-state index in [0.29, 0.717) is 5.69 Å². The van der Waals surface area contributed by atoms with Crippen LogP contribution in [0.1, 0.15) is 10.4 Å². The van der Waals surface area contributed by atoms with E-state index < -0.39 is 5.97 Å². The summed E-state index contributed by atoms with van der Waals surface area (Å²) in [5.41, 5.74) is 7.55. The summed E-state index contributed by atoms with van der Waals surface area (Å²) in [4.78, 5) is 15.2. The average molecular weight is 279 g/mol. The molecule has 0 aliphatic heterocycles. The maximum atomic E-state index is 11.1. The number of nitrogens with two attached hydrogens (primary N) is 1. The summed E-state index contributed by atoms with van der Waals surface area (Å²) in [5, 5.41) is 14.4. The minimum absolute atomic E-state index is 0.0851. The first kappa shape index (κ1) is 12.9. The number of anilines is 3. The first-order valence-corrected chi connectivity index (χ1v) is 6.38. The van der Waals surface area contributed by atoms with Gasteiger partial charge in [0.15, 0.2) is 0 Å². The third-order valence-corrected chi connectivity index (χ3v) is 3.24. The molecule has 5 heteroatoms. The molecule has 0 aliphatic rings. The van der Waals surface area contributed by atoms with Gasteiger partial charge in [-0.05, 0) is 30.3 Å². The van der Waals surface area contributed by atoms with Crippen molar-refractivity contribution in [1.29, 1.82) is 0 Å². The lowest BCUT2D eigenvalue weighted by atomic mass is 10.1. The quantitative estimate of drug-likeness (QED) is 0.640. The van der Waals surface area contributed by atoms with Crippen molar-refractivity contribution in [2.45, 2.75) is 0 Å². The SMILES string of the molecule is Nc1ccc(Nc2cccc3cnccc23)cc1C(=O)O. The molecule has 0 fully saturated rings. The molecule has 104 valence electrons. The number of nitrogen functional groups attached to an aromatic ring is 1. The zero-order valence-corrected chi connectivity index (χ0v) is 11.1. The molecule has 3 aromatic rings. The van der Waals surface area contributed by atoms with Crippen molar-refractivity contribution >= 4 is 33.8 Å². The molecule has 4 N–H and O–H groups in total. The molecule has 0 radical (unpaired) electrons. The molecule has 3 rings (SSSR count). The Hall–Kier alpha value is -3.08. The van der Waals surface area contributed by atoms with Crippen LogP contribution in [-0.4, -0.2) is 16.1 Å². The molecule has 2 aromatic carbocycles. The molecule has 0 saturated carbocycles. The number of carbonyl (C=O) groups is 1. The summed E-state index contributed by atoms with van der Waals surface area (Å²) < 4.78 is 0. The summed E-state index contributed by atoms with van der Waals surface area (Å²) in [6, 6.07) is 12.6. The normalized spacial score (nSPS) is 10.5. The number of fused-ring (bicyclic) bond motifs is 1. The van der Waals surface area contributed by atoms with E-state index in [1.807, 2.05) is 24.3 Å². The van der Waals surface area contributed by atoms with E-state index in [-0.39, 0.29) is 11.3 Å². The van der Waals surface area contributed by atoms with Crippen LogP contribution >= 0.6 is 0 Å². The Balaban J connectivity index is 2.03. The summed E-state index contributed by atoms with van der Waals surface area (Å²) in [5.74, 6) is -1.04. The maximum absolute atomic E-state index is 11.1. The second-order valence-corrected chi connectivity index (χ2v) is 4.63. The number of carboxylic acids is 1. The van der Waals surface area contributed by atoms with E-state index >= 15 is 0 Å². The van der Waals surface area contributed by atoms with Gasteiger partial charge in [0.1, 0.15) is 0 Å². The second kappa shape index (κ2) is 5.13. The highest BCUT2D eigenvalue weighted by molar-refractivity contribution is 5.97. The predicted molar refractivity (Wildman–Crippen MR) is 82.8 cm³/mol. The number of carboxylic acid groups (broad SMARTS) is 1. The van der Waals surface area contributed by atoms with Crippen LogP contribution in [0.15, 0.2) is 54.9 Å². The first-order valence-electron chi connectivity index (χ1n) is 6.38. The van der Waals surface area contributed by atoms with Gasteiger partial charge in [0.2, 0.25) is 0 Å². The zero-order chi connectivity index (χ0) is 14.8. The third kappa shape index (κ3) is 2.49. The topological polar surface area (TPSA) is 88.2 Å². The highest BCUT2D eigenvalue weighted by atomic mass is 16.4. The van der Waals surface area contributed by atoms with Crippen LogP contribution in [0.3, 0.4) is 0 Å². The zero-order valence-electron chi connectivity index (χ0n) is 11.1. The van der Waals surface area contributed by atoms with Crippen molar-refractivity contribution in [2.75, 3.05) is 11.1 Å². The maximum Gasteiger partial charge on any atom is 0.337 e. The molecule has 1 aromatic heterocycles. The lowest BCUT2D eigenvalue weighted by Gasteiger charge is -2.11. The minimum Gasteiger partial charge on any atom is -0.478 e. The van der Waals surface area contributed by atoms with Gasteiger partial charge in [-0.1, -0.05) is 12.1 Å². The van der Waals surface area contributed by atoms with E-state index in [1.165, 1.54) is 6.07 Å². The summed E-state index contributed by atoms with van der Waals surface area (Å²) in [6.07, 6.45) is 3.51. The second-order valence-electron chi connectivity index (χ2n) is 4.63. The molecular formula is C16H13N3O2. The van der Waals surface area contributed by atoms with Gasteiger partial charge in [0.25, 0.3) is 0 Å². The van der Waals surface area contributed by atoms with Crippen LogP contribution < -0.4 is 11.1 Å². The van der Waals surface area contributed by atoms with Gasteiger partial charge in [0, 0.05) is 40.2 Å². The molecule has 0 unspecified atom stereocenters. The minimum atomic E-state index is -1.04. The van der Waals surface area contributed by atoms with Crippen LogP contribution in [0.25, 0.3) is 10.8 Å². The number of benzene rings is 2. The Labute approximate surface area is 121 Å². The Bertz CT molecular complexity index is 825. The van der Waals surface area contributed by atoms with Crippen LogP contribution in [0.4, 0.5) is 17.1 Å². The van der Waals surface area contributed by atoms with Crippen molar-refractivity contribution in [3.63, 3.8) is 0 Å². The number of nitrogens with zero attached hydrogens (tertiary/aromatic N) is 1. The lowest BCUT2D eigenvalue weighted by molar-refractivity contribution is 0.0698. The molecule has 0 saturated heterocycles. The smallest absolute Gasteiger partial charge is 0.337 e. The molecule has 0 atom stereocenters. The van der Waals surface area contributed by atoms with Gasteiger partial charge in [-0.15, -0.1) is 0 Å². The fraction of sp³-hybridized carbons (Fsp3) is 0. The Morgan fingerprint density at radius 1 is 1.19 bits per heavy atom. The molecule has 21 heavy (non-hydrogen) atoms. The highest BCUT2D eigenvalue weighted by Crippen LogP contribution is 2.27. The van der Waals surface area contributed by atoms with Crippen molar-refractivity contribution in [3.8, 4) is 0 Å². The summed E-state index contributed by atoms with van der Waals surface area (Å²) in [7, 11) is 0. The Morgan fingerprint density at radius 2 is 2.05 bits per heavy atom. The number of hydrogen-bond donors (Lipinski definition) is 3. The van der Waals surface area contributed by atoms with Crippen LogP contribution in [-0.2, 0) is 0 Å². The van der Waals surface area contributed by atoms with Crippen LogP contribution in [0, 0.1) is 0 Å². The van der Waals surface area contributed by atoms with Gasteiger partial charge >= 0.3 is 5.97 Å². The highest BCUT2D eigenvalue weighted by Gasteiger charge is 2.09. The lowest BCUT2D eigenvalue weighted by Crippen LogP contribution is -2.03. The molecule has 0 bridgehead atoms. The Morgan fingerprint density at radius 3 is 2.86 bits per heavy atom. The molecule has 0 spiro atoms. The van der Waals surface area contributed by atoms with E-state index in [1.54, 1.807) is 24.5 Å². The standard InChI is InChI=1S/C16H13N3O2/c17-14-5-4-11(8-13(14)16(20)21)19-15-3-1-2-10-9-18-7-6-12(10)15/h1-9,19H,17H2,(H,20,21). The number of hydrogen-bond acceptors (Lipinski definition) is 4. The number of nitrogens with one attached hydrogen (secondary N) is 1. The molecular weight excluding hydrogens is 266 g/mol. The van der Waals surface area contributed by atoms with Gasteiger partial charge in [-0.25, -0.2) is 4.79 Å². The average Bonchev–Trinajstić information content (AvgIpc) is 2.49. The molecule has 0 aliphatic carbocycles. The van der Waals surface area contributed by atoms with Crippen molar-refractivity contribution in [3.05, 3.63) is 60.4 Å². The monoisotopic (exact) mass is 279 g/mol. The van der Waals surface area contributed by atoms with Crippen molar-refractivity contribution in [2.24, 2.45) is 0 Å². The van der Waals surface area contributed by atoms with Gasteiger partial charge in [0.05, 0.1) is 5.56 Å². The number of aromatic carboxylic acids is 1. The van der Waals surface area contributed by atoms with Crippen molar-refractivity contribution < 1.29 is 9.90 Å². The first-order chi connectivity index (χ1) is 10.1. The van der Waals surface area contributed by atoms with Crippen molar-refractivity contribution in [1.82, 2.24) is 4.98 Å². The fourth-order valence-electron chi connectivity index (χ4n) is 2.21. The molecule has 1 heterocycles. The van der Waals surface area contributed by atoms with Gasteiger partial charge < -0.3 is 16.2 Å². The predicted octanol–water partition coefficient (Wildman–Crippen LogP) is 3.26. The van der Waals surface area contributed by atoms with E-state index in [4.69, 9.17) is 10.8 Å². The van der Waals surface area contributed by atoms with E-state index in [0.717, 1.165) is 16.5 Å². The van der Waals surface area contributed by atoms with Gasteiger partial charge in [-0.2, -0.15) is 0 Å². The largest absolute Gasteiger partial charge is 0.478 e. The molecule has 0 amide bonds. The number of aromatic nitrogens is 1. The number of pyridine rings is 1. The van der Waals surface area contributed by atoms with E-state index in [9.17, 15) is 4.79 Å². The van der Waals surface area contributed by atoms with Gasteiger partial charge in [-0.3, -0.25) is 4.98 Å². The Kier molecular flexibility index (Phi) is 3.16. The van der Waals surface area contributed by atoms with Crippen LogP contribution in [0.2, 0.25) is 0 Å². The van der Waals surface area contributed by atoms with E-state index in [2.05, 4.69) is 10.3 Å². The van der Waals surface area contributed by atoms with Crippen LogP contribution in [0.5, 0.6) is 0 Å². The molecule has 5 nitrogen and oxygen atoms in total. The number of rotatable bonds is 3. The fourth-order valence-corrected chi connectivity index (χ4v) is 2.21. The summed E-state index contributed by atoms with van der Waals surface area (Å²) >= 11 is 0. The third-order valence-electron chi connectivity index (χ3n) is 3.24.